The number of aromatic nitrogens is 1. The summed E-state index contributed by atoms with van der Waals surface area (Å²) in [6.07, 6.45) is 1.40. The summed E-state index contributed by atoms with van der Waals surface area (Å²) < 4.78 is 10.7. The standard InChI is InChI=1S/C35H47N5O7/c1-21(2)17-28(31(42)38-23(4)33(44)46-20-24-13-9-8-10-14-24)39-30(41)22(3)37-32(43)29(40-34(45)47-35(5,6)7)18-25-19-36-27-16-12-11-15-26(25)27/h8-16,19,21-23,28-29,36H,17-18,20H2,1-7H3,(H,37,43)(H,38,42)(H,39,41)(H,40,45)/t22-,23-,28+,29+/m1/s1. The van der Waals surface area contributed by atoms with Crippen LogP contribution in [0.3, 0.4) is 0 Å². The first kappa shape index (κ1) is 36.6. The Morgan fingerprint density at radius 3 is 2.02 bits per heavy atom. The van der Waals surface area contributed by atoms with Crippen LogP contribution in [0.5, 0.6) is 0 Å². The number of esters is 1. The summed E-state index contributed by atoms with van der Waals surface area (Å²) in [5, 5.41) is 11.5. The molecule has 0 saturated carbocycles. The molecule has 0 aliphatic carbocycles. The van der Waals surface area contributed by atoms with Gasteiger partial charge < -0.3 is 35.7 Å². The van der Waals surface area contributed by atoms with E-state index in [0.29, 0.717) is 0 Å². The molecule has 0 saturated heterocycles. The second kappa shape index (κ2) is 16.6. The summed E-state index contributed by atoms with van der Waals surface area (Å²) in [5.74, 6) is -2.37. The summed E-state index contributed by atoms with van der Waals surface area (Å²) in [7, 11) is 0. The highest BCUT2D eigenvalue weighted by Gasteiger charge is 2.31. The van der Waals surface area contributed by atoms with Gasteiger partial charge in [0.15, 0.2) is 0 Å². The molecule has 3 aromatic rings. The van der Waals surface area contributed by atoms with Crippen molar-refractivity contribution < 1.29 is 33.4 Å². The van der Waals surface area contributed by atoms with Crippen LogP contribution in [-0.4, -0.2) is 64.5 Å². The average molecular weight is 650 g/mol. The number of rotatable bonds is 14. The monoisotopic (exact) mass is 649 g/mol. The molecule has 1 heterocycles. The molecule has 12 heteroatoms. The molecular weight excluding hydrogens is 602 g/mol. The van der Waals surface area contributed by atoms with Gasteiger partial charge >= 0.3 is 12.1 Å². The smallest absolute Gasteiger partial charge is 0.408 e. The van der Waals surface area contributed by atoms with Crippen molar-refractivity contribution >= 4 is 40.7 Å². The van der Waals surface area contributed by atoms with Gasteiger partial charge in [-0.15, -0.1) is 0 Å². The van der Waals surface area contributed by atoms with Crippen molar-refractivity contribution in [1.82, 2.24) is 26.3 Å². The number of nitrogens with one attached hydrogen (secondary N) is 5. The quantitative estimate of drug-likeness (QED) is 0.165. The number of alkyl carbamates (subject to hydrolysis) is 1. The van der Waals surface area contributed by atoms with E-state index >= 15 is 0 Å². The van der Waals surface area contributed by atoms with Crippen LogP contribution in [0, 0.1) is 5.92 Å². The van der Waals surface area contributed by atoms with Gasteiger partial charge in [0.25, 0.3) is 0 Å². The molecule has 12 nitrogen and oxygen atoms in total. The first-order chi connectivity index (χ1) is 22.1. The van der Waals surface area contributed by atoms with Crippen LogP contribution in [0.4, 0.5) is 4.79 Å². The maximum Gasteiger partial charge on any atom is 0.408 e. The molecule has 0 aliphatic heterocycles. The number of fused-ring (bicyclic) bond motifs is 1. The fraction of sp³-hybridized carbons (Fsp3) is 0.457. The third kappa shape index (κ3) is 11.8. The molecule has 254 valence electrons. The Balaban J connectivity index is 1.65. The fourth-order valence-corrected chi connectivity index (χ4v) is 4.79. The highest BCUT2D eigenvalue weighted by Crippen LogP contribution is 2.19. The Labute approximate surface area is 275 Å². The van der Waals surface area contributed by atoms with Crippen LogP contribution in [0.2, 0.25) is 0 Å². The highest BCUT2D eigenvalue weighted by atomic mass is 16.6. The molecule has 0 fully saturated rings. The minimum atomic E-state index is -1.07. The summed E-state index contributed by atoms with van der Waals surface area (Å²) in [4.78, 5) is 68.3. The van der Waals surface area contributed by atoms with Crippen LogP contribution in [0.25, 0.3) is 10.9 Å². The Bertz CT molecular complexity index is 1530. The van der Waals surface area contributed by atoms with Crippen molar-refractivity contribution in [2.45, 2.75) is 97.7 Å². The van der Waals surface area contributed by atoms with Crippen molar-refractivity contribution in [3.05, 3.63) is 71.9 Å². The number of aromatic amines is 1. The van der Waals surface area contributed by atoms with Crippen LogP contribution in [0.15, 0.2) is 60.8 Å². The molecule has 4 amide bonds. The summed E-state index contributed by atoms with van der Waals surface area (Å²) >= 11 is 0. The topological polar surface area (TPSA) is 168 Å². The van der Waals surface area contributed by atoms with E-state index in [-0.39, 0.29) is 25.4 Å². The molecule has 0 bridgehead atoms. The van der Waals surface area contributed by atoms with Gasteiger partial charge in [-0.2, -0.15) is 0 Å². The van der Waals surface area contributed by atoms with Crippen LogP contribution >= 0.6 is 0 Å². The number of para-hydroxylation sites is 1. The third-order valence-corrected chi connectivity index (χ3v) is 7.13. The molecule has 0 spiro atoms. The second-order valence-electron chi connectivity index (χ2n) is 13.0. The third-order valence-electron chi connectivity index (χ3n) is 7.13. The maximum atomic E-state index is 13.5. The van der Waals surface area contributed by atoms with Gasteiger partial charge in [0.2, 0.25) is 17.7 Å². The number of carbonyl (C=O) groups is 5. The van der Waals surface area contributed by atoms with Gasteiger partial charge in [-0.25, -0.2) is 9.59 Å². The number of hydrogen-bond acceptors (Lipinski definition) is 7. The first-order valence-electron chi connectivity index (χ1n) is 15.8. The zero-order valence-electron chi connectivity index (χ0n) is 28.1. The van der Waals surface area contributed by atoms with Gasteiger partial charge in [0, 0.05) is 23.5 Å². The largest absolute Gasteiger partial charge is 0.459 e. The molecule has 1 aromatic heterocycles. The maximum absolute atomic E-state index is 13.5. The lowest BCUT2D eigenvalue weighted by Gasteiger charge is -2.26. The fourth-order valence-electron chi connectivity index (χ4n) is 4.79. The normalized spacial score (nSPS) is 14.0. The van der Waals surface area contributed by atoms with Crippen molar-refractivity contribution in [3.63, 3.8) is 0 Å². The van der Waals surface area contributed by atoms with E-state index in [1.165, 1.54) is 13.8 Å². The van der Waals surface area contributed by atoms with Crippen LogP contribution in [-0.2, 0) is 41.7 Å². The van der Waals surface area contributed by atoms with Crippen molar-refractivity contribution in [2.75, 3.05) is 0 Å². The first-order valence-corrected chi connectivity index (χ1v) is 15.8. The molecule has 0 radical (unpaired) electrons. The number of carbonyl (C=O) groups excluding carboxylic acids is 5. The molecule has 5 N–H and O–H groups in total. The predicted octanol–water partition coefficient (Wildman–Crippen LogP) is 3.89. The van der Waals surface area contributed by atoms with Gasteiger partial charge in [-0.1, -0.05) is 62.4 Å². The lowest BCUT2D eigenvalue weighted by Crippen LogP contribution is -2.57. The minimum Gasteiger partial charge on any atom is -0.459 e. The lowest BCUT2D eigenvalue weighted by atomic mass is 10.0. The van der Waals surface area contributed by atoms with Crippen LogP contribution < -0.4 is 21.3 Å². The predicted molar refractivity (Wildman–Crippen MR) is 178 cm³/mol. The number of benzene rings is 2. The van der Waals surface area contributed by atoms with E-state index in [0.717, 1.165) is 22.0 Å². The van der Waals surface area contributed by atoms with Gasteiger partial charge in [-0.05, 0) is 64.2 Å². The van der Waals surface area contributed by atoms with E-state index in [4.69, 9.17) is 9.47 Å². The van der Waals surface area contributed by atoms with Gasteiger partial charge in [0.05, 0.1) is 0 Å². The number of H-pyrrole nitrogens is 1. The minimum absolute atomic E-state index is 0.0230. The highest BCUT2D eigenvalue weighted by molar-refractivity contribution is 5.95. The van der Waals surface area contributed by atoms with E-state index in [9.17, 15) is 24.0 Å². The van der Waals surface area contributed by atoms with Gasteiger partial charge in [-0.3, -0.25) is 14.4 Å². The van der Waals surface area contributed by atoms with Gasteiger partial charge in [0.1, 0.15) is 36.4 Å². The number of hydrogen-bond donors (Lipinski definition) is 5. The van der Waals surface area contributed by atoms with Crippen molar-refractivity contribution in [2.24, 2.45) is 5.92 Å². The Morgan fingerprint density at radius 1 is 0.745 bits per heavy atom. The molecule has 47 heavy (non-hydrogen) atoms. The van der Waals surface area contributed by atoms with E-state index < -0.39 is 59.6 Å². The summed E-state index contributed by atoms with van der Waals surface area (Å²) in [6.45, 7) is 12.0. The Kier molecular flexibility index (Phi) is 12.9. The second-order valence-corrected chi connectivity index (χ2v) is 13.0. The SMILES string of the molecule is CC(C)C[C@H](NC(=O)[C@@H](C)NC(=O)[C@H](Cc1c[nH]c2ccccc12)NC(=O)OC(C)(C)C)C(=O)N[C@H](C)C(=O)OCc1ccccc1. The zero-order chi connectivity index (χ0) is 34.7. The lowest BCUT2D eigenvalue weighted by molar-refractivity contribution is -0.148. The Hall–Kier alpha value is -4.87. The number of ether oxygens (including phenoxy) is 2. The average Bonchev–Trinajstić information content (AvgIpc) is 3.41. The van der Waals surface area contributed by atoms with E-state index in [2.05, 4.69) is 26.3 Å². The molecule has 2 aromatic carbocycles. The summed E-state index contributed by atoms with van der Waals surface area (Å²) in [6, 6.07) is 12.7. The molecule has 4 atom stereocenters. The number of amides is 4. The van der Waals surface area contributed by atoms with Crippen molar-refractivity contribution in [3.8, 4) is 0 Å². The summed E-state index contributed by atoms with van der Waals surface area (Å²) in [5.41, 5.74) is 1.69. The molecule has 0 aliphatic rings. The molecular formula is C35H47N5O7. The Morgan fingerprint density at radius 2 is 1.36 bits per heavy atom. The van der Waals surface area contributed by atoms with E-state index in [1.807, 2.05) is 68.4 Å². The van der Waals surface area contributed by atoms with Crippen LogP contribution in [0.1, 0.15) is 66.0 Å². The molecule has 0 unspecified atom stereocenters. The molecule has 3 rings (SSSR count). The zero-order valence-corrected chi connectivity index (χ0v) is 28.1. The van der Waals surface area contributed by atoms with E-state index in [1.54, 1.807) is 27.0 Å². The van der Waals surface area contributed by atoms with Crippen molar-refractivity contribution in [1.29, 1.82) is 0 Å².